The number of carbonyl (C=O) groups excluding carboxylic acids is 1. The quantitative estimate of drug-likeness (QED) is 0.743. The van der Waals surface area contributed by atoms with Crippen molar-refractivity contribution in [1.29, 1.82) is 0 Å². The molecule has 25 heavy (non-hydrogen) atoms. The minimum atomic E-state index is -0.310. The van der Waals surface area contributed by atoms with Gasteiger partial charge in [0, 0.05) is 11.8 Å². The van der Waals surface area contributed by atoms with Gasteiger partial charge in [0.2, 0.25) is 5.88 Å². The molecule has 0 atom stereocenters. The van der Waals surface area contributed by atoms with E-state index in [2.05, 4.69) is 15.3 Å². The van der Waals surface area contributed by atoms with Crippen molar-refractivity contribution < 1.29 is 19.0 Å². The molecule has 0 radical (unpaired) electrons. The molecule has 128 valence electrons. The Kier molecular flexibility index (Phi) is 4.94. The predicted octanol–water partition coefficient (Wildman–Crippen LogP) is 2.66. The highest BCUT2D eigenvalue weighted by Gasteiger charge is 2.10. The monoisotopic (exact) mass is 339 g/mol. The molecule has 1 N–H and O–H groups in total. The number of para-hydroxylation sites is 1. The van der Waals surface area contributed by atoms with Gasteiger partial charge in [-0.1, -0.05) is 12.1 Å². The number of hydrogen-bond donors (Lipinski definition) is 1. The van der Waals surface area contributed by atoms with Crippen LogP contribution < -0.4 is 19.5 Å². The number of amides is 1. The van der Waals surface area contributed by atoms with Crippen molar-refractivity contribution in [2.75, 3.05) is 26.1 Å². The Bertz CT molecular complexity index is 893. The number of nitrogens with one attached hydrogen (secondary N) is 1. The number of benzene rings is 2. The molecule has 0 saturated heterocycles. The summed E-state index contributed by atoms with van der Waals surface area (Å²) in [5, 5.41) is 3.50. The van der Waals surface area contributed by atoms with Crippen LogP contribution in [-0.2, 0) is 4.79 Å². The third kappa shape index (κ3) is 3.77. The van der Waals surface area contributed by atoms with Crippen molar-refractivity contribution in [2.24, 2.45) is 0 Å². The van der Waals surface area contributed by atoms with E-state index in [1.165, 1.54) is 13.4 Å². The molecular formula is C18H17N3O4. The van der Waals surface area contributed by atoms with Crippen molar-refractivity contribution in [2.45, 2.75) is 0 Å². The number of fused-ring (bicyclic) bond motifs is 1. The lowest BCUT2D eigenvalue weighted by atomic mass is 10.2. The average Bonchev–Trinajstić information content (AvgIpc) is 2.66. The zero-order chi connectivity index (χ0) is 17.6. The fourth-order valence-corrected chi connectivity index (χ4v) is 2.34. The highest BCUT2D eigenvalue weighted by molar-refractivity contribution is 5.92. The third-order valence-electron chi connectivity index (χ3n) is 3.51. The molecule has 0 fully saturated rings. The van der Waals surface area contributed by atoms with Gasteiger partial charge >= 0.3 is 0 Å². The second kappa shape index (κ2) is 7.48. The van der Waals surface area contributed by atoms with Gasteiger partial charge in [0.15, 0.2) is 18.1 Å². The molecule has 2 aromatic carbocycles. The number of carbonyl (C=O) groups is 1. The van der Waals surface area contributed by atoms with Crippen LogP contribution in [0, 0.1) is 0 Å². The summed E-state index contributed by atoms with van der Waals surface area (Å²) in [6.07, 6.45) is 1.41. The minimum absolute atomic E-state index is 0.171. The number of anilines is 1. The van der Waals surface area contributed by atoms with Gasteiger partial charge in [-0.25, -0.2) is 9.97 Å². The van der Waals surface area contributed by atoms with Crippen LogP contribution in [0.3, 0.4) is 0 Å². The first-order chi connectivity index (χ1) is 12.2. The van der Waals surface area contributed by atoms with Crippen LogP contribution in [0.1, 0.15) is 0 Å². The summed E-state index contributed by atoms with van der Waals surface area (Å²) < 4.78 is 15.9. The number of nitrogens with zero attached hydrogens (tertiary/aromatic N) is 2. The second-order valence-electron chi connectivity index (χ2n) is 5.10. The van der Waals surface area contributed by atoms with E-state index in [9.17, 15) is 4.79 Å². The number of methoxy groups -OCH3 is 2. The first kappa shape index (κ1) is 16.5. The standard InChI is InChI=1S/C18H17N3O4/c1-23-15-8-7-12(9-16(15)24-2)21-17(22)10-25-18-13-5-3-4-6-14(13)19-11-20-18/h3-9,11H,10H2,1-2H3,(H,21,22). The van der Waals surface area contributed by atoms with E-state index < -0.39 is 0 Å². The van der Waals surface area contributed by atoms with Crippen LogP contribution in [0.4, 0.5) is 5.69 Å². The lowest BCUT2D eigenvalue weighted by molar-refractivity contribution is -0.118. The van der Waals surface area contributed by atoms with Gasteiger partial charge in [-0.15, -0.1) is 0 Å². The molecule has 0 unspecified atom stereocenters. The molecule has 0 aliphatic rings. The number of aromatic nitrogens is 2. The van der Waals surface area contributed by atoms with E-state index in [1.807, 2.05) is 24.3 Å². The highest BCUT2D eigenvalue weighted by atomic mass is 16.5. The van der Waals surface area contributed by atoms with Gasteiger partial charge in [0.05, 0.1) is 25.1 Å². The van der Waals surface area contributed by atoms with Crippen LogP contribution in [-0.4, -0.2) is 36.7 Å². The summed E-state index contributed by atoms with van der Waals surface area (Å²) in [6.45, 7) is -0.171. The maximum atomic E-state index is 12.1. The maximum Gasteiger partial charge on any atom is 0.262 e. The Morgan fingerprint density at radius 1 is 1.04 bits per heavy atom. The summed E-state index contributed by atoms with van der Waals surface area (Å²) >= 11 is 0. The Labute approximate surface area is 144 Å². The van der Waals surface area contributed by atoms with E-state index in [1.54, 1.807) is 25.3 Å². The lowest BCUT2D eigenvalue weighted by Crippen LogP contribution is -2.20. The van der Waals surface area contributed by atoms with Crippen LogP contribution in [0.5, 0.6) is 17.4 Å². The number of ether oxygens (including phenoxy) is 3. The molecule has 1 heterocycles. The maximum absolute atomic E-state index is 12.1. The Morgan fingerprint density at radius 2 is 1.84 bits per heavy atom. The van der Waals surface area contributed by atoms with Crippen molar-refractivity contribution in [3.05, 3.63) is 48.8 Å². The molecule has 0 bridgehead atoms. The van der Waals surface area contributed by atoms with E-state index in [4.69, 9.17) is 14.2 Å². The smallest absolute Gasteiger partial charge is 0.262 e. The summed E-state index contributed by atoms with van der Waals surface area (Å²) in [6, 6.07) is 12.6. The van der Waals surface area contributed by atoms with Crippen molar-refractivity contribution >= 4 is 22.5 Å². The van der Waals surface area contributed by atoms with Gasteiger partial charge in [-0.3, -0.25) is 4.79 Å². The van der Waals surface area contributed by atoms with Crippen LogP contribution >= 0.6 is 0 Å². The van der Waals surface area contributed by atoms with Gasteiger partial charge in [-0.2, -0.15) is 0 Å². The molecule has 0 saturated carbocycles. The SMILES string of the molecule is COc1ccc(NC(=O)COc2ncnc3ccccc23)cc1OC. The average molecular weight is 339 g/mol. The van der Waals surface area contributed by atoms with E-state index in [0.717, 1.165) is 10.9 Å². The molecule has 3 rings (SSSR count). The fourth-order valence-electron chi connectivity index (χ4n) is 2.34. The molecule has 0 aliphatic heterocycles. The second-order valence-corrected chi connectivity index (χ2v) is 5.10. The first-order valence-corrected chi connectivity index (χ1v) is 7.55. The molecule has 0 aliphatic carbocycles. The highest BCUT2D eigenvalue weighted by Crippen LogP contribution is 2.29. The van der Waals surface area contributed by atoms with Gasteiger partial charge < -0.3 is 19.5 Å². The lowest BCUT2D eigenvalue weighted by Gasteiger charge is -2.11. The Morgan fingerprint density at radius 3 is 2.64 bits per heavy atom. The zero-order valence-corrected chi connectivity index (χ0v) is 13.9. The van der Waals surface area contributed by atoms with E-state index in [-0.39, 0.29) is 12.5 Å². The molecule has 0 spiro atoms. The van der Waals surface area contributed by atoms with Crippen molar-refractivity contribution in [1.82, 2.24) is 9.97 Å². The minimum Gasteiger partial charge on any atom is -0.493 e. The molecule has 7 nitrogen and oxygen atoms in total. The van der Waals surface area contributed by atoms with Crippen LogP contribution in [0.15, 0.2) is 48.8 Å². The van der Waals surface area contributed by atoms with Gasteiger partial charge in [0.1, 0.15) is 6.33 Å². The van der Waals surface area contributed by atoms with Crippen molar-refractivity contribution in [3.63, 3.8) is 0 Å². The number of hydrogen-bond acceptors (Lipinski definition) is 6. The van der Waals surface area contributed by atoms with Crippen LogP contribution in [0.25, 0.3) is 10.9 Å². The molecular weight excluding hydrogens is 322 g/mol. The van der Waals surface area contributed by atoms with Gasteiger partial charge in [0.25, 0.3) is 5.91 Å². The molecule has 7 heteroatoms. The summed E-state index contributed by atoms with van der Waals surface area (Å²) in [4.78, 5) is 20.4. The Balaban J connectivity index is 1.67. The van der Waals surface area contributed by atoms with Crippen LogP contribution in [0.2, 0.25) is 0 Å². The third-order valence-corrected chi connectivity index (χ3v) is 3.51. The first-order valence-electron chi connectivity index (χ1n) is 7.55. The largest absolute Gasteiger partial charge is 0.493 e. The van der Waals surface area contributed by atoms with Gasteiger partial charge in [-0.05, 0) is 24.3 Å². The number of rotatable bonds is 6. The summed E-state index contributed by atoms with van der Waals surface area (Å²) in [5.74, 6) is 1.18. The Hall–Kier alpha value is -3.35. The molecule has 1 aromatic heterocycles. The topological polar surface area (TPSA) is 82.6 Å². The fraction of sp³-hybridized carbons (Fsp3) is 0.167. The predicted molar refractivity (Wildman–Crippen MR) is 93.2 cm³/mol. The normalized spacial score (nSPS) is 10.3. The van der Waals surface area contributed by atoms with E-state index in [0.29, 0.717) is 23.1 Å². The molecule has 1 amide bonds. The van der Waals surface area contributed by atoms with Crippen molar-refractivity contribution in [3.8, 4) is 17.4 Å². The zero-order valence-electron chi connectivity index (χ0n) is 13.9. The molecule has 3 aromatic rings. The summed E-state index contributed by atoms with van der Waals surface area (Å²) in [7, 11) is 3.09. The van der Waals surface area contributed by atoms with E-state index >= 15 is 0 Å². The summed E-state index contributed by atoms with van der Waals surface area (Å²) in [5.41, 5.74) is 1.34.